The molecule has 1 fully saturated rings. The van der Waals surface area contributed by atoms with E-state index in [-0.39, 0.29) is 5.91 Å². The summed E-state index contributed by atoms with van der Waals surface area (Å²) in [4.78, 5) is 11.8. The highest BCUT2D eigenvalue weighted by Crippen LogP contribution is 2.30. The molecule has 2 N–H and O–H groups in total. The number of hydrogen-bond acceptors (Lipinski definition) is 2. The molecule has 1 aromatic rings. The number of anilines is 1. The average molecular weight is 309 g/mol. The highest BCUT2D eigenvalue weighted by atomic mass is 35.5. The van der Waals surface area contributed by atoms with E-state index in [2.05, 4.69) is 17.6 Å². The van der Waals surface area contributed by atoms with Gasteiger partial charge in [-0.2, -0.15) is 0 Å². The molecule has 0 aliphatic heterocycles. The third-order valence-corrected chi connectivity index (χ3v) is 4.44. The predicted octanol–water partition coefficient (Wildman–Crippen LogP) is 4.08. The van der Waals surface area contributed by atoms with E-state index in [1.54, 1.807) is 12.1 Å². The van der Waals surface area contributed by atoms with Gasteiger partial charge in [-0.1, -0.05) is 37.8 Å². The third-order valence-electron chi connectivity index (χ3n) is 4.19. The van der Waals surface area contributed by atoms with Crippen molar-refractivity contribution in [2.75, 3.05) is 18.4 Å². The summed E-state index contributed by atoms with van der Waals surface area (Å²) in [7, 11) is 0. The number of carbonyl (C=O) groups is 1. The Balaban J connectivity index is 1.59. The van der Waals surface area contributed by atoms with Crippen LogP contribution in [0.1, 0.15) is 39.0 Å². The van der Waals surface area contributed by atoms with Gasteiger partial charge in [0.15, 0.2) is 0 Å². The molecule has 0 aromatic heterocycles. The van der Waals surface area contributed by atoms with Crippen molar-refractivity contribution in [3.63, 3.8) is 0 Å². The number of amides is 1. The SMILES string of the molecule is CC1CCCC(CCNCC(=O)Nc2ccc(Cl)cc2)C1. The monoisotopic (exact) mass is 308 g/mol. The smallest absolute Gasteiger partial charge is 0.238 e. The number of halogens is 1. The van der Waals surface area contributed by atoms with E-state index in [4.69, 9.17) is 11.6 Å². The normalized spacial score (nSPS) is 22.0. The Morgan fingerprint density at radius 1 is 1.29 bits per heavy atom. The number of hydrogen-bond donors (Lipinski definition) is 2. The highest BCUT2D eigenvalue weighted by Gasteiger charge is 2.18. The molecular formula is C17H25ClN2O. The first-order chi connectivity index (χ1) is 10.1. The predicted molar refractivity (Wildman–Crippen MR) is 88.7 cm³/mol. The maximum Gasteiger partial charge on any atom is 0.238 e. The molecule has 2 atom stereocenters. The molecule has 1 aromatic carbocycles. The molecule has 1 saturated carbocycles. The summed E-state index contributed by atoms with van der Waals surface area (Å²) in [6, 6.07) is 7.16. The summed E-state index contributed by atoms with van der Waals surface area (Å²) in [5.41, 5.74) is 0.785. The molecule has 0 heterocycles. The molecule has 0 bridgehead atoms. The van der Waals surface area contributed by atoms with Gasteiger partial charge >= 0.3 is 0 Å². The number of carbonyl (C=O) groups excluding carboxylic acids is 1. The molecule has 0 radical (unpaired) electrons. The highest BCUT2D eigenvalue weighted by molar-refractivity contribution is 6.30. The molecule has 1 aliphatic carbocycles. The van der Waals surface area contributed by atoms with Crippen molar-refractivity contribution in [3.05, 3.63) is 29.3 Å². The zero-order valence-electron chi connectivity index (χ0n) is 12.7. The van der Waals surface area contributed by atoms with Crippen LogP contribution in [-0.2, 0) is 4.79 Å². The van der Waals surface area contributed by atoms with Crippen molar-refractivity contribution in [2.45, 2.75) is 39.0 Å². The number of benzene rings is 1. The fourth-order valence-corrected chi connectivity index (χ4v) is 3.19. The molecule has 0 saturated heterocycles. The van der Waals surface area contributed by atoms with Gasteiger partial charge in [0.05, 0.1) is 6.54 Å². The maximum absolute atomic E-state index is 11.8. The van der Waals surface area contributed by atoms with Gasteiger partial charge in [0.25, 0.3) is 0 Å². The summed E-state index contributed by atoms with van der Waals surface area (Å²) < 4.78 is 0. The Morgan fingerprint density at radius 3 is 2.76 bits per heavy atom. The van der Waals surface area contributed by atoms with Gasteiger partial charge in [0, 0.05) is 10.7 Å². The minimum atomic E-state index is -0.00525. The standard InChI is InChI=1S/C17H25ClN2O/c1-13-3-2-4-14(11-13)9-10-19-12-17(21)20-16-7-5-15(18)6-8-16/h5-8,13-14,19H,2-4,9-12H2,1H3,(H,20,21). The van der Waals surface area contributed by atoms with Crippen molar-refractivity contribution in [2.24, 2.45) is 11.8 Å². The largest absolute Gasteiger partial charge is 0.325 e. The molecular weight excluding hydrogens is 284 g/mol. The van der Waals surface area contributed by atoms with Crippen LogP contribution in [0.3, 0.4) is 0 Å². The second kappa shape index (κ2) is 8.40. The van der Waals surface area contributed by atoms with E-state index in [9.17, 15) is 4.79 Å². The Labute approximate surface area is 132 Å². The Hall–Kier alpha value is -1.06. The van der Waals surface area contributed by atoms with Crippen molar-refractivity contribution in [3.8, 4) is 0 Å². The van der Waals surface area contributed by atoms with E-state index in [1.165, 1.54) is 32.1 Å². The van der Waals surface area contributed by atoms with Crippen molar-refractivity contribution >= 4 is 23.2 Å². The van der Waals surface area contributed by atoms with Crippen LogP contribution in [0.5, 0.6) is 0 Å². The van der Waals surface area contributed by atoms with Crippen LogP contribution in [0, 0.1) is 11.8 Å². The van der Waals surface area contributed by atoms with Gasteiger partial charge in [0.1, 0.15) is 0 Å². The maximum atomic E-state index is 11.8. The van der Waals surface area contributed by atoms with Gasteiger partial charge in [-0.3, -0.25) is 4.79 Å². The van der Waals surface area contributed by atoms with Crippen molar-refractivity contribution < 1.29 is 4.79 Å². The van der Waals surface area contributed by atoms with Crippen molar-refractivity contribution in [1.82, 2.24) is 5.32 Å². The van der Waals surface area contributed by atoms with E-state index in [0.29, 0.717) is 11.6 Å². The molecule has 2 rings (SSSR count). The van der Waals surface area contributed by atoms with E-state index in [1.807, 2.05) is 12.1 Å². The van der Waals surface area contributed by atoms with Crippen molar-refractivity contribution in [1.29, 1.82) is 0 Å². The molecule has 0 spiro atoms. The molecule has 2 unspecified atom stereocenters. The Kier molecular flexibility index (Phi) is 6.52. The lowest BCUT2D eigenvalue weighted by atomic mass is 9.81. The van der Waals surface area contributed by atoms with Crippen LogP contribution >= 0.6 is 11.6 Å². The first kappa shape index (κ1) is 16.3. The minimum Gasteiger partial charge on any atom is -0.325 e. The van der Waals surface area contributed by atoms with E-state index >= 15 is 0 Å². The topological polar surface area (TPSA) is 41.1 Å². The quantitative estimate of drug-likeness (QED) is 0.777. The van der Waals surface area contributed by atoms with E-state index in [0.717, 1.165) is 24.1 Å². The summed E-state index contributed by atoms with van der Waals surface area (Å²) >= 11 is 5.81. The van der Waals surface area contributed by atoms with Crippen LogP contribution in [0.15, 0.2) is 24.3 Å². The van der Waals surface area contributed by atoms with Gasteiger partial charge in [-0.25, -0.2) is 0 Å². The van der Waals surface area contributed by atoms with Crippen LogP contribution < -0.4 is 10.6 Å². The van der Waals surface area contributed by atoms with Gasteiger partial charge in [-0.15, -0.1) is 0 Å². The molecule has 3 nitrogen and oxygen atoms in total. The zero-order chi connectivity index (χ0) is 15.1. The van der Waals surface area contributed by atoms with Crippen LogP contribution in [-0.4, -0.2) is 19.0 Å². The van der Waals surface area contributed by atoms with Crippen LogP contribution in [0.2, 0.25) is 5.02 Å². The molecule has 1 amide bonds. The molecule has 4 heteroatoms. The minimum absolute atomic E-state index is 0.00525. The summed E-state index contributed by atoms with van der Waals surface area (Å²) in [6.07, 6.45) is 6.62. The lowest BCUT2D eigenvalue weighted by Crippen LogP contribution is -2.30. The van der Waals surface area contributed by atoms with E-state index < -0.39 is 0 Å². The fourth-order valence-electron chi connectivity index (χ4n) is 3.07. The third kappa shape index (κ3) is 6.06. The fraction of sp³-hybridized carbons (Fsp3) is 0.588. The first-order valence-corrected chi connectivity index (χ1v) is 8.27. The average Bonchev–Trinajstić information content (AvgIpc) is 2.46. The first-order valence-electron chi connectivity index (χ1n) is 7.89. The summed E-state index contributed by atoms with van der Waals surface area (Å²) in [6.45, 7) is 3.63. The Bertz CT molecular complexity index is 447. The van der Waals surface area contributed by atoms with Gasteiger partial charge < -0.3 is 10.6 Å². The van der Waals surface area contributed by atoms with Gasteiger partial charge in [0.2, 0.25) is 5.91 Å². The molecule has 21 heavy (non-hydrogen) atoms. The second-order valence-electron chi connectivity index (χ2n) is 6.16. The zero-order valence-corrected chi connectivity index (χ0v) is 13.5. The number of nitrogens with one attached hydrogen (secondary N) is 2. The van der Waals surface area contributed by atoms with Gasteiger partial charge in [-0.05, 0) is 55.5 Å². The summed E-state index contributed by atoms with van der Waals surface area (Å²) in [5.74, 6) is 1.70. The Morgan fingerprint density at radius 2 is 2.05 bits per heavy atom. The molecule has 1 aliphatic rings. The number of rotatable bonds is 6. The second-order valence-corrected chi connectivity index (χ2v) is 6.59. The van der Waals surface area contributed by atoms with Crippen LogP contribution in [0.4, 0.5) is 5.69 Å². The summed E-state index contributed by atoms with van der Waals surface area (Å²) in [5, 5.41) is 6.77. The van der Waals surface area contributed by atoms with Crippen LogP contribution in [0.25, 0.3) is 0 Å². The molecule has 116 valence electrons. The lowest BCUT2D eigenvalue weighted by Gasteiger charge is -2.26. The lowest BCUT2D eigenvalue weighted by molar-refractivity contribution is -0.115.